The van der Waals surface area contributed by atoms with Crippen LogP contribution in [0.25, 0.3) is 0 Å². The number of para-hydroxylation sites is 1. The molecule has 0 spiro atoms. The standard InChI is InChI=1S/C13H14O3/c1-3-9-13(4-2)15-11-8-6-5-7-10(11)12(14)16-13/h3,5-9H,4H2,1-2H3/b9-3+. The van der Waals surface area contributed by atoms with E-state index in [2.05, 4.69) is 0 Å². The van der Waals surface area contributed by atoms with Gasteiger partial charge in [0.05, 0.1) is 0 Å². The van der Waals surface area contributed by atoms with Crippen molar-refractivity contribution in [3.63, 3.8) is 0 Å². The van der Waals surface area contributed by atoms with Gasteiger partial charge in [0.25, 0.3) is 5.79 Å². The summed E-state index contributed by atoms with van der Waals surface area (Å²) in [4.78, 5) is 11.8. The van der Waals surface area contributed by atoms with Gasteiger partial charge in [-0.15, -0.1) is 0 Å². The lowest BCUT2D eigenvalue weighted by atomic mass is 10.1. The van der Waals surface area contributed by atoms with Gasteiger partial charge in [0.1, 0.15) is 11.3 Å². The molecule has 1 aliphatic rings. The number of carbonyl (C=O) groups is 1. The first kappa shape index (κ1) is 10.7. The summed E-state index contributed by atoms with van der Waals surface area (Å²) in [5.74, 6) is -0.694. The van der Waals surface area contributed by atoms with E-state index in [1.165, 1.54) is 0 Å². The number of ether oxygens (including phenoxy) is 2. The molecule has 1 unspecified atom stereocenters. The van der Waals surface area contributed by atoms with Crippen LogP contribution in [0.2, 0.25) is 0 Å². The lowest BCUT2D eigenvalue weighted by Gasteiger charge is -2.34. The van der Waals surface area contributed by atoms with Crippen molar-refractivity contribution in [2.45, 2.75) is 26.1 Å². The van der Waals surface area contributed by atoms with Crippen LogP contribution in [-0.4, -0.2) is 11.8 Å². The second-order valence-electron chi connectivity index (χ2n) is 3.65. The maximum atomic E-state index is 11.8. The van der Waals surface area contributed by atoms with E-state index < -0.39 is 5.79 Å². The molecule has 0 fully saturated rings. The number of fused-ring (bicyclic) bond motifs is 1. The summed E-state index contributed by atoms with van der Waals surface area (Å²) in [5.41, 5.74) is 0.482. The van der Waals surface area contributed by atoms with E-state index in [0.29, 0.717) is 17.7 Å². The first-order chi connectivity index (χ1) is 7.71. The van der Waals surface area contributed by atoms with Gasteiger partial charge < -0.3 is 9.47 Å². The Hall–Kier alpha value is -1.77. The molecule has 84 valence electrons. The largest absolute Gasteiger partial charge is 0.448 e. The summed E-state index contributed by atoms with van der Waals surface area (Å²) in [7, 11) is 0. The van der Waals surface area contributed by atoms with Crippen LogP contribution in [0.4, 0.5) is 0 Å². The topological polar surface area (TPSA) is 35.5 Å². The molecule has 3 nitrogen and oxygen atoms in total. The van der Waals surface area contributed by atoms with Gasteiger partial charge in [-0.25, -0.2) is 4.79 Å². The summed E-state index contributed by atoms with van der Waals surface area (Å²) in [6.45, 7) is 3.79. The summed E-state index contributed by atoms with van der Waals surface area (Å²) in [6.07, 6.45) is 4.17. The van der Waals surface area contributed by atoms with Crippen LogP contribution >= 0.6 is 0 Å². The van der Waals surface area contributed by atoms with Crippen molar-refractivity contribution in [1.29, 1.82) is 0 Å². The average molecular weight is 218 g/mol. The minimum atomic E-state index is -0.944. The summed E-state index contributed by atoms with van der Waals surface area (Å²) < 4.78 is 11.1. The number of carbonyl (C=O) groups excluding carboxylic acids is 1. The highest BCUT2D eigenvalue weighted by molar-refractivity contribution is 5.93. The molecule has 1 atom stereocenters. The molecule has 0 N–H and O–H groups in total. The lowest BCUT2D eigenvalue weighted by Crippen LogP contribution is -2.42. The minimum Gasteiger partial charge on any atom is -0.448 e. The Morgan fingerprint density at radius 2 is 2.06 bits per heavy atom. The molecule has 2 rings (SSSR count). The zero-order valence-corrected chi connectivity index (χ0v) is 9.40. The second kappa shape index (κ2) is 4.00. The molecule has 0 amide bonds. The molecule has 1 aliphatic heterocycles. The highest BCUT2D eigenvalue weighted by Gasteiger charge is 2.38. The smallest absolute Gasteiger partial charge is 0.345 e. The van der Waals surface area contributed by atoms with Gasteiger partial charge in [0.15, 0.2) is 0 Å². The van der Waals surface area contributed by atoms with Gasteiger partial charge >= 0.3 is 5.97 Å². The average Bonchev–Trinajstić information content (AvgIpc) is 2.29. The second-order valence-corrected chi connectivity index (χ2v) is 3.65. The van der Waals surface area contributed by atoms with E-state index in [1.807, 2.05) is 26.0 Å². The van der Waals surface area contributed by atoms with E-state index >= 15 is 0 Å². The maximum Gasteiger partial charge on any atom is 0.345 e. The van der Waals surface area contributed by atoms with Crippen molar-refractivity contribution < 1.29 is 14.3 Å². The van der Waals surface area contributed by atoms with E-state index in [9.17, 15) is 4.79 Å². The van der Waals surface area contributed by atoms with E-state index in [4.69, 9.17) is 9.47 Å². The van der Waals surface area contributed by atoms with Gasteiger partial charge in [-0.3, -0.25) is 0 Å². The molecule has 0 aromatic heterocycles. The third-order valence-corrected chi connectivity index (χ3v) is 2.57. The number of esters is 1. The van der Waals surface area contributed by atoms with Crippen LogP contribution in [-0.2, 0) is 4.74 Å². The molecule has 0 bridgehead atoms. The highest BCUT2D eigenvalue weighted by atomic mass is 16.7. The number of hydrogen-bond donors (Lipinski definition) is 0. The molecule has 16 heavy (non-hydrogen) atoms. The normalized spacial score (nSPS) is 23.8. The van der Waals surface area contributed by atoms with Crippen molar-refractivity contribution in [1.82, 2.24) is 0 Å². The first-order valence-electron chi connectivity index (χ1n) is 5.36. The van der Waals surface area contributed by atoms with Gasteiger partial charge in [-0.05, 0) is 25.1 Å². The molecular weight excluding hydrogens is 204 g/mol. The molecule has 1 heterocycles. The van der Waals surface area contributed by atoms with Crippen LogP contribution in [0.15, 0.2) is 36.4 Å². The Labute approximate surface area is 94.7 Å². The van der Waals surface area contributed by atoms with Crippen molar-refractivity contribution in [3.8, 4) is 5.75 Å². The Kier molecular flexibility index (Phi) is 2.69. The van der Waals surface area contributed by atoms with Gasteiger partial charge in [-0.2, -0.15) is 0 Å². The third-order valence-electron chi connectivity index (χ3n) is 2.57. The molecule has 1 aromatic carbocycles. The summed E-state index contributed by atoms with van der Waals surface area (Å²) in [6, 6.07) is 7.11. The molecule has 1 aromatic rings. The monoisotopic (exact) mass is 218 g/mol. The van der Waals surface area contributed by atoms with Crippen molar-refractivity contribution in [2.75, 3.05) is 0 Å². The Balaban J connectivity index is 2.43. The van der Waals surface area contributed by atoms with E-state index in [1.54, 1.807) is 24.3 Å². The lowest BCUT2D eigenvalue weighted by molar-refractivity contribution is -0.120. The maximum absolute atomic E-state index is 11.8. The first-order valence-corrected chi connectivity index (χ1v) is 5.36. The predicted octanol–water partition coefficient (Wildman–Crippen LogP) is 2.92. The van der Waals surface area contributed by atoms with Gasteiger partial charge in [0.2, 0.25) is 0 Å². The van der Waals surface area contributed by atoms with E-state index in [0.717, 1.165) is 0 Å². The Bertz CT molecular complexity index is 437. The quantitative estimate of drug-likeness (QED) is 0.565. The molecule has 0 aliphatic carbocycles. The fourth-order valence-electron chi connectivity index (χ4n) is 1.73. The molecular formula is C13H14O3. The fraction of sp³-hybridized carbons (Fsp3) is 0.308. The van der Waals surface area contributed by atoms with Crippen LogP contribution in [0.5, 0.6) is 5.75 Å². The number of benzene rings is 1. The molecule has 0 saturated heterocycles. The number of cyclic esters (lactones) is 1. The van der Waals surface area contributed by atoms with Crippen LogP contribution in [0.1, 0.15) is 30.6 Å². The minimum absolute atomic E-state index is 0.332. The van der Waals surface area contributed by atoms with E-state index in [-0.39, 0.29) is 5.97 Å². The Morgan fingerprint density at radius 1 is 1.31 bits per heavy atom. The zero-order valence-electron chi connectivity index (χ0n) is 9.40. The number of rotatable bonds is 2. The number of hydrogen-bond acceptors (Lipinski definition) is 3. The Morgan fingerprint density at radius 3 is 2.75 bits per heavy atom. The van der Waals surface area contributed by atoms with Gasteiger partial charge in [-0.1, -0.05) is 25.1 Å². The SMILES string of the molecule is C/C=C/C1(CC)OC(=O)c2ccccc2O1. The van der Waals surface area contributed by atoms with Crippen molar-refractivity contribution in [3.05, 3.63) is 42.0 Å². The molecule has 0 saturated carbocycles. The zero-order chi connectivity index (χ0) is 11.6. The number of allylic oxidation sites excluding steroid dienone is 1. The highest BCUT2D eigenvalue weighted by Crippen LogP contribution is 2.33. The molecule has 0 radical (unpaired) electrons. The molecule has 3 heteroatoms. The summed E-state index contributed by atoms with van der Waals surface area (Å²) >= 11 is 0. The van der Waals surface area contributed by atoms with Crippen LogP contribution in [0, 0.1) is 0 Å². The van der Waals surface area contributed by atoms with Crippen molar-refractivity contribution >= 4 is 5.97 Å². The van der Waals surface area contributed by atoms with Crippen LogP contribution < -0.4 is 4.74 Å². The van der Waals surface area contributed by atoms with Crippen LogP contribution in [0.3, 0.4) is 0 Å². The fourth-order valence-corrected chi connectivity index (χ4v) is 1.73. The predicted molar refractivity (Wildman–Crippen MR) is 60.3 cm³/mol. The van der Waals surface area contributed by atoms with Gasteiger partial charge in [0, 0.05) is 6.42 Å². The van der Waals surface area contributed by atoms with Crippen molar-refractivity contribution in [2.24, 2.45) is 0 Å². The summed E-state index contributed by atoms with van der Waals surface area (Å²) in [5, 5.41) is 0. The third kappa shape index (κ3) is 1.69.